The molecular weight excluding hydrogens is 502 g/mol. The maximum atomic E-state index is 13.8. The fourth-order valence-corrected chi connectivity index (χ4v) is 6.42. The molecule has 1 aliphatic carbocycles. The molecule has 0 spiro atoms. The van der Waals surface area contributed by atoms with E-state index in [2.05, 4.69) is 41.8 Å². The molecule has 0 saturated carbocycles. The zero-order valence-electron chi connectivity index (χ0n) is 24.2. The van der Waals surface area contributed by atoms with Crippen molar-refractivity contribution in [1.29, 1.82) is 0 Å². The first kappa shape index (κ1) is 26.1. The molecular formula is C31H37N7O2. The number of nitrogens with zero attached hydrogens (tertiary/aromatic N) is 6. The number of carbonyl (C=O) groups is 1. The van der Waals surface area contributed by atoms with E-state index in [1.165, 1.54) is 11.3 Å². The predicted octanol–water partition coefficient (Wildman–Crippen LogP) is 4.86. The Morgan fingerprint density at radius 3 is 2.60 bits per heavy atom. The number of aryl methyl sites for hydroxylation is 3. The second-order valence-electron chi connectivity index (χ2n) is 11.8. The number of aromatic nitrogens is 5. The number of fused-ring (bicyclic) bond motifs is 3. The summed E-state index contributed by atoms with van der Waals surface area (Å²) in [7, 11) is 1.75. The Kier molecular flexibility index (Phi) is 6.20. The minimum atomic E-state index is -0.136. The Labute approximate surface area is 234 Å². The molecule has 0 bridgehead atoms. The van der Waals surface area contributed by atoms with Crippen LogP contribution in [0.2, 0.25) is 0 Å². The molecule has 208 valence electrons. The third-order valence-electron chi connectivity index (χ3n) is 8.30. The van der Waals surface area contributed by atoms with Crippen LogP contribution in [0, 0.1) is 12.3 Å². The van der Waals surface area contributed by atoms with Gasteiger partial charge in [0.25, 0.3) is 11.5 Å². The molecule has 1 N–H and O–H groups in total. The van der Waals surface area contributed by atoms with Crippen LogP contribution in [0.3, 0.4) is 0 Å². The van der Waals surface area contributed by atoms with Crippen molar-refractivity contribution in [3.8, 4) is 11.1 Å². The minimum Gasteiger partial charge on any atom is -0.339 e. The smallest absolute Gasteiger partial charge is 0.276 e. The van der Waals surface area contributed by atoms with E-state index >= 15 is 0 Å². The molecule has 40 heavy (non-hydrogen) atoms. The fourth-order valence-electron chi connectivity index (χ4n) is 6.42. The van der Waals surface area contributed by atoms with Crippen LogP contribution in [-0.4, -0.2) is 36.4 Å². The Morgan fingerprint density at radius 1 is 1.07 bits per heavy atom. The maximum Gasteiger partial charge on any atom is 0.276 e. The summed E-state index contributed by atoms with van der Waals surface area (Å²) in [6, 6.07) is 7.87. The maximum absolute atomic E-state index is 13.8. The van der Waals surface area contributed by atoms with Gasteiger partial charge >= 0.3 is 0 Å². The predicted molar refractivity (Wildman–Crippen MR) is 158 cm³/mol. The molecule has 1 aliphatic heterocycles. The molecule has 9 nitrogen and oxygen atoms in total. The lowest BCUT2D eigenvalue weighted by Gasteiger charge is -2.31. The zero-order valence-corrected chi connectivity index (χ0v) is 24.2. The third kappa shape index (κ3) is 4.24. The molecule has 6 rings (SSSR count). The standard InChI is InChI=1S/C31H37N7O2/c1-7-22-23(21-14-24(29(39)35(6)18-21)33-27-13-19(3)38(8-2)34-27)9-10-32-28(22)37-12-11-36-25(30(37)40)15-20-16-31(4,5)17-26(20)36/h9-10,13-15,18H,7-8,11-12,16-17H2,1-6H3,(H,33,34). The highest BCUT2D eigenvalue weighted by Gasteiger charge is 2.37. The summed E-state index contributed by atoms with van der Waals surface area (Å²) < 4.78 is 5.70. The molecule has 1 amide bonds. The second kappa shape index (κ2) is 9.50. The van der Waals surface area contributed by atoms with Crippen LogP contribution in [0.15, 0.2) is 41.5 Å². The van der Waals surface area contributed by atoms with Gasteiger partial charge in [0.2, 0.25) is 0 Å². The Morgan fingerprint density at radius 2 is 1.88 bits per heavy atom. The largest absolute Gasteiger partial charge is 0.339 e. The topological polar surface area (TPSA) is 90.0 Å². The van der Waals surface area contributed by atoms with Gasteiger partial charge in [0, 0.05) is 67.7 Å². The van der Waals surface area contributed by atoms with Gasteiger partial charge in [-0.1, -0.05) is 20.8 Å². The van der Waals surface area contributed by atoms with E-state index < -0.39 is 0 Å². The van der Waals surface area contributed by atoms with Crippen LogP contribution in [0.25, 0.3) is 11.1 Å². The Balaban J connectivity index is 1.37. The second-order valence-corrected chi connectivity index (χ2v) is 11.8. The summed E-state index contributed by atoms with van der Waals surface area (Å²) in [6.45, 7) is 12.8. The molecule has 4 aromatic rings. The lowest BCUT2D eigenvalue weighted by molar-refractivity contribution is 0.0963. The van der Waals surface area contributed by atoms with Crippen LogP contribution in [0.5, 0.6) is 0 Å². The molecule has 0 saturated heterocycles. The average molecular weight is 540 g/mol. The fraction of sp³-hybridized carbons (Fsp3) is 0.419. The summed E-state index contributed by atoms with van der Waals surface area (Å²) in [5, 5.41) is 7.79. The lowest BCUT2D eigenvalue weighted by atomic mass is 9.90. The number of amides is 1. The van der Waals surface area contributed by atoms with Gasteiger partial charge in [0.05, 0.1) is 0 Å². The van der Waals surface area contributed by atoms with E-state index in [4.69, 9.17) is 4.98 Å². The van der Waals surface area contributed by atoms with Gasteiger partial charge in [-0.3, -0.25) is 19.2 Å². The highest BCUT2D eigenvalue weighted by atomic mass is 16.2. The van der Waals surface area contributed by atoms with Crippen LogP contribution in [0.1, 0.15) is 60.7 Å². The molecule has 0 radical (unpaired) electrons. The van der Waals surface area contributed by atoms with Gasteiger partial charge in [0.15, 0.2) is 5.82 Å². The van der Waals surface area contributed by atoms with E-state index in [0.717, 1.165) is 54.0 Å². The van der Waals surface area contributed by atoms with Crippen molar-refractivity contribution >= 4 is 23.2 Å². The van der Waals surface area contributed by atoms with Crippen LogP contribution in [0.4, 0.5) is 17.3 Å². The molecule has 0 fully saturated rings. The average Bonchev–Trinajstić information content (AvgIpc) is 3.55. The summed E-state index contributed by atoms with van der Waals surface area (Å²) >= 11 is 0. The monoisotopic (exact) mass is 539 g/mol. The molecule has 5 heterocycles. The quantitative estimate of drug-likeness (QED) is 0.378. The summed E-state index contributed by atoms with van der Waals surface area (Å²) in [5.74, 6) is 1.33. The van der Waals surface area contributed by atoms with Gasteiger partial charge in [-0.05, 0) is 67.9 Å². The number of pyridine rings is 2. The van der Waals surface area contributed by atoms with Crippen molar-refractivity contribution in [3.63, 3.8) is 0 Å². The van der Waals surface area contributed by atoms with Crippen molar-refractivity contribution in [2.75, 3.05) is 16.8 Å². The van der Waals surface area contributed by atoms with Crippen molar-refractivity contribution in [1.82, 2.24) is 23.9 Å². The molecule has 4 aromatic heterocycles. The van der Waals surface area contributed by atoms with Crippen LogP contribution >= 0.6 is 0 Å². The normalized spacial score (nSPS) is 15.8. The van der Waals surface area contributed by atoms with Gasteiger partial charge in [-0.2, -0.15) is 5.10 Å². The third-order valence-corrected chi connectivity index (χ3v) is 8.30. The Bertz CT molecular complexity index is 1710. The first-order valence-electron chi connectivity index (χ1n) is 14.1. The number of hydrogen-bond donors (Lipinski definition) is 1. The van der Waals surface area contributed by atoms with E-state index in [9.17, 15) is 9.59 Å². The number of hydrogen-bond acceptors (Lipinski definition) is 5. The summed E-state index contributed by atoms with van der Waals surface area (Å²) in [5.41, 5.74) is 7.79. The number of nitrogens with one attached hydrogen (secondary N) is 1. The number of rotatable bonds is 6. The summed E-state index contributed by atoms with van der Waals surface area (Å²) in [4.78, 5) is 33.4. The van der Waals surface area contributed by atoms with Gasteiger partial charge in [-0.15, -0.1) is 0 Å². The highest BCUT2D eigenvalue weighted by Crippen LogP contribution is 2.40. The van der Waals surface area contributed by atoms with Crippen molar-refractivity contribution in [3.05, 3.63) is 75.2 Å². The summed E-state index contributed by atoms with van der Waals surface area (Å²) in [6.07, 6.45) is 6.31. The van der Waals surface area contributed by atoms with E-state index in [1.807, 2.05) is 47.8 Å². The first-order valence-corrected chi connectivity index (χ1v) is 14.1. The van der Waals surface area contributed by atoms with Gasteiger partial charge < -0.3 is 14.5 Å². The van der Waals surface area contributed by atoms with Crippen LogP contribution in [-0.2, 0) is 39.4 Å². The van der Waals surface area contributed by atoms with Gasteiger partial charge in [0.1, 0.15) is 17.2 Å². The number of anilines is 3. The molecule has 0 aromatic carbocycles. The number of carbonyl (C=O) groups excluding carboxylic acids is 1. The zero-order chi connectivity index (χ0) is 28.3. The Hall–Kier alpha value is -4.14. The molecule has 2 aliphatic rings. The molecule has 9 heteroatoms. The first-order chi connectivity index (χ1) is 19.1. The van der Waals surface area contributed by atoms with E-state index in [1.54, 1.807) is 17.8 Å². The van der Waals surface area contributed by atoms with Crippen LogP contribution < -0.4 is 15.8 Å². The van der Waals surface area contributed by atoms with Crippen molar-refractivity contribution < 1.29 is 4.79 Å². The van der Waals surface area contributed by atoms with E-state index in [0.29, 0.717) is 30.3 Å². The molecule has 0 unspecified atom stereocenters. The lowest BCUT2D eigenvalue weighted by Crippen LogP contribution is -2.41. The van der Waals surface area contributed by atoms with E-state index in [-0.39, 0.29) is 16.9 Å². The van der Waals surface area contributed by atoms with Gasteiger partial charge in [-0.25, -0.2) is 4.98 Å². The molecule has 0 atom stereocenters. The van der Waals surface area contributed by atoms with Crippen molar-refractivity contribution in [2.24, 2.45) is 12.5 Å². The SMILES string of the molecule is CCc1c(-c2cc(Nc3cc(C)n(CC)n3)c(=O)n(C)c2)ccnc1N1CCn2c(cc3c2CC(C)(C)C3)C1=O. The highest BCUT2D eigenvalue weighted by molar-refractivity contribution is 6.06. The minimum absolute atomic E-state index is 0.00232. The van der Waals surface area contributed by atoms with Crippen molar-refractivity contribution in [2.45, 2.75) is 67.0 Å².